The second kappa shape index (κ2) is 10.3. The fraction of sp³-hybridized carbons (Fsp3) is 0.290. The van der Waals surface area contributed by atoms with E-state index in [0.717, 1.165) is 56.2 Å². The van der Waals surface area contributed by atoms with E-state index in [9.17, 15) is 9.59 Å². The third kappa shape index (κ3) is 4.60. The number of carbonyl (C=O) groups excluding carboxylic acids is 2. The van der Waals surface area contributed by atoms with E-state index in [-0.39, 0.29) is 17.6 Å². The van der Waals surface area contributed by atoms with E-state index in [2.05, 4.69) is 21.8 Å². The number of benzene rings is 2. The first-order chi connectivity index (χ1) is 18.9. The topological polar surface area (TPSA) is 77.7 Å². The summed E-state index contributed by atoms with van der Waals surface area (Å²) in [4.78, 5) is 34.2. The van der Waals surface area contributed by atoms with Crippen LogP contribution in [0.15, 0.2) is 43.0 Å². The Labute approximate surface area is 227 Å². The number of amides is 2. The van der Waals surface area contributed by atoms with Crippen molar-refractivity contribution in [2.75, 3.05) is 51.3 Å². The molecule has 3 aliphatic rings. The van der Waals surface area contributed by atoms with Gasteiger partial charge in [0.2, 0.25) is 0 Å². The maximum absolute atomic E-state index is 15.1. The number of ether oxygens (including phenoxy) is 1. The number of anilines is 1. The van der Waals surface area contributed by atoms with Crippen LogP contribution in [0.4, 0.5) is 10.1 Å². The fourth-order valence-electron chi connectivity index (χ4n) is 5.74. The van der Waals surface area contributed by atoms with E-state index in [1.807, 2.05) is 24.0 Å². The van der Waals surface area contributed by atoms with E-state index in [4.69, 9.17) is 4.74 Å². The molecule has 0 atom stereocenters. The number of aromatic nitrogens is 1. The summed E-state index contributed by atoms with van der Waals surface area (Å²) in [5, 5.41) is 2.92. The predicted molar refractivity (Wildman–Crippen MR) is 151 cm³/mol. The minimum atomic E-state index is -0.381. The maximum Gasteiger partial charge on any atom is 0.256 e. The lowest BCUT2D eigenvalue weighted by molar-refractivity contribution is -0.110. The quantitative estimate of drug-likeness (QED) is 0.461. The summed E-state index contributed by atoms with van der Waals surface area (Å²) < 4.78 is 20.5. The van der Waals surface area contributed by atoms with Gasteiger partial charge in [-0.3, -0.25) is 14.5 Å². The molecule has 200 valence electrons. The Morgan fingerprint density at radius 2 is 1.87 bits per heavy atom. The van der Waals surface area contributed by atoms with Crippen LogP contribution in [0.2, 0.25) is 0 Å². The Bertz CT molecular complexity index is 1520. The average molecular weight is 527 g/mol. The Morgan fingerprint density at radius 1 is 1.05 bits per heavy atom. The van der Waals surface area contributed by atoms with Crippen molar-refractivity contribution in [1.82, 2.24) is 14.8 Å². The van der Waals surface area contributed by atoms with Gasteiger partial charge in [-0.05, 0) is 41.8 Å². The summed E-state index contributed by atoms with van der Waals surface area (Å²) in [5.74, 6) is -0.621. The van der Waals surface area contributed by atoms with Crippen molar-refractivity contribution in [3.8, 4) is 11.1 Å². The van der Waals surface area contributed by atoms with Crippen molar-refractivity contribution < 1.29 is 18.7 Å². The Morgan fingerprint density at radius 3 is 2.64 bits per heavy atom. The van der Waals surface area contributed by atoms with Crippen LogP contribution in [0.25, 0.3) is 28.9 Å². The largest absolute Gasteiger partial charge is 0.379 e. The zero-order valence-electron chi connectivity index (χ0n) is 22.0. The lowest BCUT2D eigenvalue weighted by Crippen LogP contribution is -2.45. The van der Waals surface area contributed by atoms with E-state index in [0.29, 0.717) is 52.2 Å². The number of halogens is 1. The van der Waals surface area contributed by atoms with Crippen molar-refractivity contribution in [3.05, 3.63) is 82.4 Å². The number of morpholine rings is 1. The molecule has 0 bridgehead atoms. The monoisotopic (exact) mass is 526 g/mol. The summed E-state index contributed by atoms with van der Waals surface area (Å²) >= 11 is 0. The van der Waals surface area contributed by atoms with Crippen molar-refractivity contribution in [2.24, 2.45) is 0 Å². The molecule has 6 rings (SSSR count). The van der Waals surface area contributed by atoms with E-state index in [1.165, 1.54) is 6.07 Å². The lowest BCUT2D eigenvalue weighted by Gasteiger charge is -2.32. The second-order valence-electron chi connectivity index (χ2n) is 10.2. The minimum Gasteiger partial charge on any atom is -0.379 e. The van der Waals surface area contributed by atoms with E-state index in [1.54, 1.807) is 30.4 Å². The number of nitrogens with zero attached hydrogens (tertiary/aromatic N) is 2. The molecule has 0 radical (unpaired) electrons. The first-order valence-corrected chi connectivity index (χ1v) is 13.3. The molecule has 1 fully saturated rings. The summed E-state index contributed by atoms with van der Waals surface area (Å²) in [6, 6.07) is 10.4. The van der Waals surface area contributed by atoms with Gasteiger partial charge in [-0.2, -0.15) is 0 Å². The molecule has 8 heteroatoms. The first-order valence-electron chi connectivity index (χ1n) is 13.3. The third-order valence-corrected chi connectivity index (χ3v) is 7.92. The van der Waals surface area contributed by atoms with Crippen LogP contribution in [0.3, 0.4) is 0 Å². The Balaban J connectivity index is 1.32. The van der Waals surface area contributed by atoms with Crippen molar-refractivity contribution in [3.63, 3.8) is 0 Å². The third-order valence-electron chi connectivity index (χ3n) is 7.92. The number of aromatic amines is 1. The number of hydrogen-bond acceptors (Lipinski definition) is 4. The van der Waals surface area contributed by atoms with Gasteiger partial charge in [0.15, 0.2) is 0 Å². The van der Waals surface area contributed by atoms with Crippen LogP contribution in [0.1, 0.15) is 38.4 Å². The van der Waals surface area contributed by atoms with Crippen molar-refractivity contribution in [2.45, 2.75) is 13.3 Å². The highest BCUT2D eigenvalue weighted by atomic mass is 19.1. The number of carbonyl (C=O) groups is 2. The van der Waals surface area contributed by atoms with Crippen LogP contribution in [-0.4, -0.2) is 72.5 Å². The highest BCUT2D eigenvalue weighted by molar-refractivity contribution is 6.36. The van der Waals surface area contributed by atoms with Gasteiger partial charge in [0.25, 0.3) is 11.8 Å². The molecule has 1 aromatic heterocycles. The number of H-pyrrole nitrogens is 1. The van der Waals surface area contributed by atoms with Crippen LogP contribution in [0.5, 0.6) is 0 Å². The summed E-state index contributed by atoms with van der Waals surface area (Å²) in [7, 11) is 0. The highest BCUT2D eigenvalue weighted by Gasteiger charge is 2.32. The van der Waals surface area contributed by atoms with Gasteiger partial charge in [0, 0.05) is 67.3 Å². The molecule has 3 aliphatic heterocycles. The molecule has 0 spiro atoms. The molecule has 0 saturated carbocycles. The standard InChI is InChI=1S/C31H31FN4O3/c1-3-20-7-8-21(24(32)17-20)22-5-4-6-25-29(22)23(30(37)34-25)18-27-19(2)28-26(33-27)9-10-36(31(28)38)12-11-35-13-15-39-16-14-35/h3-8,17-18,33H,1,9-16H2,2H3,(H,34,37)/b23-18-. The number of nitrogens with one attached hydrogen (secondary N) is 2. The van der Waals surface area contributed by atoms with E-state index < -0.39 is 0 Å². The zero-order chi connectivity index (χ0) is 27.1. The smallest absolute Gasteiger partial charge is 0.256 e. The minimum absolute atomic E-state index is 0.0178. The SMILES string of the molecule is C=Cc1ccc(-c2cccc3c2/C(=C/c2[nH]c4c(c2C)C(=O)N(CCN2CCOCC2)CC4)C(=O)N3)c(F)c1. The summed E-state index contributed by atoms with van der Waals surface area (Å²) in [5.41, 5.74) is 6.57. The Hall–Kier alpha value is -4.01. The molecule has 39 heavy (non-hydrogen) atoms. The van der Waals surface area contributed by atoms with Crippen molar-refractivity contribution >= 4 is 35.2 Å². The average Bonchev–Trinajstić information content (AvgIpc) is 3.44. The first kappa shape index (κ1) is 25.3. The molecule has 3 aromatic rings. The summed E-state index contributed by atoms with van der Waals surface area (Å²) in [6.45, 7) is 11.0. The van der Waals surface area contributed by atoms with Crippen LogP contribution in [-0.2, 0) is 16.0 Å². The molecule has 0 unspecified atom stereocenters. The second-order valence-corrected chi connectivity index (χ2v) is 10.2. The van der Waals surface area contributed by atoms with Gasteiger partial charge < -0.3 is 19.9 Å². The summed E-state index contributed by atoms with van der Waals surface area (Å²) in [6.07, 6.45) is 4.11. The molecule has 2 amide bonds. The Kier molecular flexibility index (Phi) is 6.66. The maximum atomic E-state index is 15.1. The lowest BCUT2D eigenvalue weighted by atomic mass is 9.93. The van der Waals surface area contributed by atoms with Gasteiger partial charge in [0.1, 0.15) is 5.82 Å². The molecular formula is C31H31FN4O3. The molecule has 1 saturated heterocycles. The number of hydrogen-bond donors (Lipinski definition) is 2. The van der Waals surface area contributed by atoms with Crippen LogP contribution < -0.4 is 5.32 Å². The normalized spacial score (nSPS) is 18.3. The molecule has 0 aliphatic carbocycles. The number of fused-ring (bicyclic) bond motifs is 2. The van der Waals surface area contributed by atoms with Crippen molar-refractivity contribution in [1.29, 1.82) is 0 Å². The van der Waals surface area contributed by atoms with Gasteiger partial charge in [-0.1, -0.05) is 36.9 Å². The van der Waals surface area contributed by atoms with Crippen LogP contribution >= 0.6 is 0 Å². The predicted octanol–water partition coefficient (Wildman–Crippen LogP) is 4.60. The molecule has 2 aromatic carbocycles. The van der Waals surface area contributed by atoms with Gasteiger partial charge in [-0.25, -0.2) is 4.39 Å². The molecule has 4 heterocycles. The van der Waals surface area contributed by atoms with Gasteiger partial charge >= 0.3 is 0 Å². The molecule has 7 nitrogen and oxygen atoms in total. The molecular weight excluding hydrogens is 495 g/mol. The zero-order valence-corrected chi connectivity index (χ0v) is 22.0. The number of rotatable bonds is 6. The van der Waals surface area contributed by atoms with Gasteiger partial charge in [0.05, 0.1) is 24.4 Å². The van der Waals surface area contributed by atoms with E-state index >= 15 is 4.39 Å². The highest BCUT2D eigenvalue weighted by Crippen LogP contribution is 2.42. The van der Waals surface area contributed by atoms with Gasteiger partial charge in [-0.15, -0.1) is 0 Å². The molecule has 2 N–H and O–H groups in total. The van der Waals surface area contributed by atoms with Crippen LogP contribution in [0, 0.1) is 12.7 Å². The fourth-order valence-corrected chi connectivity index (χ4v) is 5.74.